The van der Waals surface area contributed by atoms with Crippen molar-refractivity contribution >= 4 is 28.4 Å². The van der Waals surface area contributed by atoms with Gasteiger partial charge in [0.25, 0.3) is 5.56 Å². The number of hydrogen-bond acceptors (Lipinski definition) is 6. The van der Waals surface area contributed by atoms with E-state index in [1.165, 1.54) is 11.2 Å². The fraction of sp³-hybridized carbons (Fsp3) is 0.174. The lowest BCUT2D eigenvalue weighted by atomic mass is 10.2. The molecule has 0 aliphatic heterocycles. The number of aryl methyl sites for hydroxylation is 1. The van der Waals surface area contributed by atoms with Crippen molar-refractivity contribution in [3.8, 4) is 0 Å². The fourth-order valence-electron chi connectivity index (χ4n) is 3.25. The Bertz CT molecular complexity index is 1270. The van der Waals surface area contributed by atoms with Crippen molar-refractivity contribution in [1.82, 2.24) is 19.9 Å². The van der Waals surface area contributed by atoms with Crippen LogP contribution in [0.15, 0.2) is 82.2 Å². The summed E-state index contributed by atoms with van der Waals surface area (Å²) in [7, 11) is 0. The zero-order chi connectivity index (χ0) is 22.3. The first-order valence-corrected chi connectivity index (χ1v) is 10.1. The highest BCUT2D eigenvalue weighted by molar-refractivity contribution is 5.94. The Balaban J connectivity index is 1.45. The molecule has 4 aromatic rings. The van der Waals surface area contributed by atoms with E-state index in [4.69, 9.17) is 4.42 Å². The monoisotopic (exact) mass is 431 g/mol. The Kier molecular flexibility index (Phi) is 6.35. The summed E-state index contributed by atoms with van der Waals surface area (Å²) in [4.78, 5) is 39.5. The molecule has 0 atom stereocenters. The maximum absolute atomic E-state index is 12.9. The van der Waals surface area contributed by atoms with Gasteiger partial charge in [0.2, 0.25) is 11.8 Å². The minimum Gasteiger partial charge on any atom is -0.467 e. The molecule has 9 heteroatoms. The van der Waals surface area contributed by atoms with E-state index in [0.717, 1.165) is 4.68 Å². The molecule has 4 rings (SSSR count). The van der Waals surface area contributed by atoms with E-state index in [2.05, 4.69) is 15.6 Å². The van der Waals surface area contributed by atoms with Crippen LogP contribution >= 0.6 is 0 Å². The molecule has 0 spiro atoms. The van der Waals surface area contributed by atoms with Crippen LogP contribution in [0.4, 0.5) is 5.69 Å². The van der Waals surface area contributed by atoms with Crippen molar-refractivity contribution in [3.63, 3.8) is 0 Å². The molecule has 0 aliphatic carbocycles. The molecule has 0 saturated heterocycles. The largest absolute Gasteiger partial charge is 0.467 e. The number of benzene rings is 2. The number of carbonyl (C=O) groups is 2. The molecular formula is C23H21N5O4. The van der Waals surface area contributed by atoms with Gasteiger partial charge in [0.1, 0.15) is 17.8 Å². The summed E-state index contributed by atoms with van der Waals surface area (Å²) in [6, 6.07) is 19.3. The highest BCUT2D eigenvalue weighted by atomic mass is 16.3. The predicted molar refractivity (Wildman–Crippen MR) is 118 cm³/mol. The van der Waals surface area contributed by atoms with Crippen molar-refractivity contribution in [2.45, 2.75) is 19.5 Å². The zero-order valence-corrected chi connectivity index (χ0v) is 17.2. The van der Waals surface area contributed by atoms with E-state index in [1.807, 2.05) is 18.2 Å². The number of nitrogens with one attached hydrogen (secondary N) is 1. The normalized spacial score (nSPS) is 10.8. The number of rotatable bonds is 8. The number of amides is 2. The number of carbonyl (C=O) groups excluding carboxylic acids is 2. The Hall–Kier alpha value is -4.27. The second-order valence-corrected chi connectivity index (χ2v) is 7.13. The number of nitrogens with zero attached hydrogens (tertiary/aromatic N) is 4. The van der Waals surface area contributed by atoms with Gasteiger partial charge >= 0.3 is 0 Å². The molecule has 9 nitrogen and oxygen atoms in total. The Morgan fingerprint density at radius 1 is 1.00 bits per heavy atom. The zero-order valence-electron chi connectivity index (χ0n) is 17.2. The molecule has 2 amide bonds. The topological polar surface area (TPSA) is 110 Å². The van der Waals surface area contributed by atoms with E-state index in [-0.39, 0.29) is 43.4 Å². The minimum absolute atomic E-state index is 0.0216. The molecule has 2 heterocycles. The second-order valence-electron chi connectivity index (χ2n) is 7.13. The average molecular weight is 431 g/mol. The number of fused-ring (bicyclic) bond motifs is 1. The molecule has 0 saturated carbocycles. The summed E-state index contributed by atoms with van der Waals surface area (Å²) in [5, 5.41) is 11.1. The van der Waals surface area contributed by atoms with E-state index in [9.17, 15) is 14.4 Å². The molecule has 2 aromatic heterocycles. The second kappa shape index (κ2) is 9.69. The number of para-hydroxylation sites is 1. The standard InChI is InChI=1S/C23H21N5O4/c29-21(24-17-7-2-1-3-8-17)16-27(15-18-9-6-14-32-18)22(30)12-13-28-23(31)19-10-4-5-11-20(19)25-26-28/h1-11,14H,12-13,15-16H2,(H,24,29). The van der Waals surface area contributed by atoms with Gasteiger partial charge in [0.15, 0.2) is 0 Å². The molecule has 0 bridgehead atoms. The highest BCUT2D eigenvalue weighted by Gasteiger charge is 2.19. The van der Waals surface area contributed by atoms with Gasteiger partial charge in [-0.15, -0.1) is 5.10 Å². The number of furan rings is 1. The van der Waals surface area contributed by atoms with Gasteiger partial charge in [0.05, 0.1) is 24.7 Å². The maximum Gasteiger partial charge on any atom is 0.277 e. The molecule has 0 fully saturated rings. The molecule has 0 aliphatic rings. The van der Waals surface area contributed by atoms with Crippen molar-refractivity contribution in [2.75, 3.05) is 11.9 Å². The van der Waals surface area contributed by atoms with E-state index < -0.39 is 0 Å². The SMILES string of the molecule is O=C(CN(Cc1ccco1)C(=O)CCn1nnc2ccccc2c1=O)Nc1ccccc1. The van der Waals surface area contributed by atoms with Gasteiger partial charge in [-0.25, -0.2) is 4.68 Å². The first kappa shape index (κ1) is 21.0. The smallest absolute Gasteiger partial charge is 0.277 e. The summed E-state index contributed by atoms with van der Waals surface area (Å²) in [5.74, 6) is -0.0984. The molecule has 162 valence electrons. The van der Waals surface area contributed by atoms with Crippen LogP contribution in [0.2, 0.25) is 0 Å². The molecule has 0 unspecified atom stereocenters. The lowest BCUT2D eigenvalue weighted by Gasteiger charge is -2.21. The van der Waals surface area contributed by atoms with Crippen LogP contribution in [0, 0.1) is 0 Å². The molecule has 1 N–H and O–H groups in total. The lowest BCUT2D eigenvalue weighted by molar-refractivity contribution is -0.135. The Labute approximate surface area is 183 Å². The van der Waals surface area contributed by atoms with E-state index in [0.29, 0.717) is 22.4 Å². The summed E-state index contributed by atoms with van der Waals surface area (Å²) >= 11 is 0. The Morgan fingerprint density at radius 2 is 1.78 bits per heavy atom. The highest BCUT2D eigenvalue weighted by Crippen LogP contribution is 2.10. The summed E-state index contributed by atoms with van der Waals surface area (Å²) < 4.78 is 6.50. The quantitative estimate of drug-likeness (QED) is 0.459. The number of hydrogen-bond donors (Lipinski definition) is 1. The van der Waals surface area contributed by atoms with Gasteiger partial charge in [-0.3, -0.25) is 14.4 Å². The van der Waals surface area contributed by atoms with Crippen molar-refractivity contribution < 1.29 is 14.0 Å². The van der Waals surface area contributed by atoms with Crippen molar-refractivity contribution in [3.05, 3.63) is 89.1 Å². The molecule has 0 radical (unpaired) electrons. The third kappa shape index (κ3) is 5.07. The van der Waals surface area contributed by atoms with Crippen LogP contribution < -0.4 is 10.9 Å². The van der Waals surface area contributed by atoms with E-state index >= 15 is 0 Å². The van der Waals surface area contributed by atoms with Gasteiger partial charge in [-0.1, -0.05) is 35.5 Å². The van der Waals surface area contributed by atoms with Crippen LogP contribution in [0.5, 0.6) is 0 Å². The van der Waals surface area contributed by atoms with Crippen LogP contribution in [0.3, 0.4) is 0 Å². The Morgan fingerprint density at radius 3 is 2.56 bits per heavy atom. The van der Waals surface area contributed by atoms with Gasteiger partial charge in [-0.2, -0.15) is 0 Å². The first-order valence-electron chi connectivity index (χ1n) is 10.1. The van der Waals surface area contributed by atoms with Gasteiger partial charge in [-0.05, 0) is 36.4 Å². The third-order valence-electron chi connectivity index (χ3n) is 4.84. The number of anilines is 1. The first-order chi connectivity index (χ1) is 15.6. The maximum atomic E-state index is 12.9. The third-order valence-corrected chi connectivity index (χ3v) is 4.84. The number of aromatic nitrogens is 3. The van der Waals surface area contributed by atoms with Crippen LogP contribution in [0.1, 0.15) is 12.2 Å². The van der Waals surface area contributed by atoms with E-state index in [1.54, 1.807) is 48.5 Å². The minimum atomic E-state index is -0.334. The summed E-state index contributed by atoms with van der Waals surface area (Å²) in [6.07, 6.45) is 1.48. The fourth-order valence-corrected chi connectivity index (χ4v) is 3.25. The van der Waals surface area contributed by atoms with Crippen molar-refractivity contribution in [2.24, 2.45) is 0 Å². The lowest BCUT2D eigenvalue weighted by Crippen LogP contribution is -2.38. The molecular weight excluding hydrogens is 410 g/mol. The molecule has 2 aromatic carbocycles. The van der Waals surface area contributed by atoms with Gasteiger partial charge < -0.3 is 14.6 Å². The van der Waals surface area contributed by atoms with Crippen molar-refractivity contribution in [1.29, 1.82) is 0 Å². The van der Waals surface area contributed by atoms with Gasteiger partial charge in [0, 0.05) is 12.1 Å². The van der Waals surface area contributed by atoms with Crippen LogP contribution in [0.25, 0.3) is 10.9 Å². The van der Waals surface area contributed by atoms with Crippen LogP contribution in [-0.2, 0) is 22.7 Å². The molecule has 32 heavy (non-hydrogen) atoms. The summed E-state index contributed by atoms with van der Waals surface area (Å²) in [5.41, 5.74) is 0.820. The van der Waals surface area contributed by atoms with Crippen LogP contribution in [-0.4, -0.2) is 38.3 Å². The summed E-state index contributed by atoms with van der Waals surface area (Å²) in [6.45, 7) is 0.0174. The average Bonchev–Trinajstić information content (AvgIpc) is 3.32. The predicted octanol–water partition coefficient (Wildman–Crippen LogP) is 2.44.